The van der Waals surface area contributed by atoms with E-state index >= 15 is 0 Å². The second-order valence-electron chi connectivity index (χ2n) is 7.00. The Labute approximate surface area is 189 Å². The maximum Gasteiger partial charge on any atom is 0.282 e. The van der Waals surface area contributed by atoms with Gasteiger partial charge in [0.1, 0.15) is 16.8 Å². The van der Waals surface area contributed by atoms with Crippen LogP contribution in [0, 0.1) is 11.6 Å². The van der Waals surface area contributed by atoms with Crippen LogP contribution in [0.1, 0.15) is 28.2 Å². The molecule has 3 aromatic heterocycles. The van der Waals surface area contributed by atoms with Crippen molar-refractivity contribution in [2.24, 2.45) is 7.05 Å². The summed E-state index contributed by atoms with van der Waals surface area (Å²) in [5.74, 6) is -1.70. The van der Waals surface area contributed by atoms with Gasteiger partial charge in [0.25, 0.3) is 5.91 Å². The lowest BCUT2D eigenvalue weighted by atomic mass is 9.85. The van der Waals surface area contributed by atoms with E-state index in [-0.39, 0.29) is 27.3 Å². The topological polar surface area (TPSA) is 111 Å². The molecule has 4 aromatic rings. The Bertz CT molecular complexity index is 1300. The molecule has 0 aliphatic carbocycles. The molecule has 32 heavy (non-hydrogen) atoms. The van der Waals surface area contributed by atoms with Gasteiger partial charge in [-0.1, -0.05) is 29.0 Å². The molecule has 0 spiro atoms. The van der Waals surface area contributed by atoms with Crippen molar-refractivity contribution in [2.75, 3.05) is 6.54 Å². The summed E-state index contributed by atoms with van der Waals surface area (Å²) in [7, 11) is 1.62. The summed E-state index contributed by atoms with van der Waals surface area (Å²) in [6, 6.07) is 8.20. The number of carbonyl (C=O) groups is 1. The zero-order valence-corrected chi connectivity index (χ0v) is 18.3. The van der Waals surface area contributed by atoms with E-state index in [1.165, 1.54) is 10.9 Å². The van der Waals surface area contributed by atoms with Crippen LogP contribution in [0.4, 0.5) is 8.78 Å². The van der Waals surface area contributed by atoms with E-state index < -0.39 is 23.0 Å². The Morgan fingerprint density at radius 2 is 2.03 bits per heavy atom. The van der Waals surface area contributed by atoms with Gasteiger partial charge in [-0.3, -0.25) is 4.79 Å². The number of hydrogen-bond acceptors (Lipinski definition) is 8. The van der Waals surface area contributed by atoms with Gasteiger partial charge in [0.2, 0.25) is 5.01 Å². The SMILES string of the molecule is Cn1nnc(C(C)(CNC(=O)c2nnc(-c3ccc(F)cc3F)s2)c2cccc(Cl)n2)n1. The predicted molar refractivity (Wildman–Crippen MR) is 112 cm³/mol. The zero-order chi connectivity index (χ0) is 22.9. The van der Waals surface area contributed by atoms with Crippen molar-refractivity contribution in [3.05, 3.63) is 69.7 Å². The van der Waals surface area contributed by atoms with Crippen molar-refractivity contribution >= 4 is 28.8 Å². The van der Waals surface area contributed by atoms with Crippen molar-refractivity contribution in [1.82, 2.24) is 40.7 Å². The highest BCUT2D eigenvalue weighted by molar-refractivity contribution is 7.16. The number of rotatable bonds is 6. The maximum absolute atomic E-state index is 14.0. The van der Waals surface area contributed by atoms with Gasteiger partial charge in [-0.05, 0) is 36.4 Å². The van der Waals surface area contributed by atoms with Crippen LogP contribution in [-0.4, -0.2) is 47.8 Å². The number of carbonyl (C=O) groups excluding carboxylic acids is 1. The van der Waals surface area contributed by atoms with E-state index in [2.05, 4.69) is 35.9 Å². The fourth-order valence-corrected chi connectivity index (χ4v) is 3.87. The average Bonchev–Trinajstić information content (AvgIpc) is 3.41. The monoisotopic (exact) mass is 476 g/mol. The third kappa shape index (κ3) is 4.32. The minimum atomic E-state index is -0.953. The van der Waals surface area contributed by atoms with Gasteiger partial charge >= 0.3 is 0 Å². The number of tetrazole rings is 1. The fourth-order valence-electron chi connectivity index (χ4n) is 2.92. The number of aromatic nitrogens is 7. The average molecular weight is 477 g/mol. The van der Waals surface area contributed by atoms with Crippen LogP contribution in [0.2, 0.25) is 5.15 Å². The van der Waals surface area contributed by atoms with Crippen LogP contribution in [0.15, 0.2) is 36.4 Å². The fraction of sp³-hybridized carbons (Fsp3) is 0.211. The number of benzene rings is 1. The number of halogens is 3. The van der Waals surface area contributed by atoms with Crippen molar-refractivity contribution in [2.45, 2.75) is 12.3 Å². The lowest BCUT2D eigenvalue weighted by Crippen LogP contribution is -2.41. The molecule has 3 heterocycles. The minimum Gasteiger partial charge on any atom is -0.349 e. The molecule has 1 N–H and O–H groups in total. The lowest BCUT2D eigenvalue weighted by molar-refractivity contribution is 0.0945. The first-order chi connectivity index (χ1) is 15.3. The van der Waals surface area contributed by atoms with E-state index in [1.54, 1.807) is 32.2 Å². The molecule has 1 amide bonds. The first-order valence-electron chi connectivity index (χ1n) is 9.21. The number of aryl methyl sites for hydroxylation is 1. The Balaban J connectivity index is 1.58. The second kappa shape index (κ2) is 8.63. The summed E-state index contributed by atoms with van der Waals surface area (Å²) in [6.45, 7) is 1.84. The molecule has 0 saturated carbocycles. The Morgan fingerprint density at radius 3 is 2.72 bits per heavy atom. The molecule has 164 valence electrons. The van der Waals surface area contributed by atoms with Gasteiger partial charge in [0, 0.05) is 18.2 Å². The summed E-state index contributed by atoms with van der Waals surface area (Å²) >= 11 is 6.94. The molecule has 0 saturated heterocycles. The first-order valence-corrected chi connectivity index (χ1v) is 10.4. The number of nitrogens with zero attached hydrogens (tertiary/aromatic N) is 7. The standard InChI is InChI=1S/C19H15ClF2N8OS/c1-19(18-27-29-30(2)28-18,13-4-3-5-14(20)24-13)9-23-15(31)17-26-25-16(32-17)11-7-6-10(21)8-12(11)22/h3-8H,9H2,1-2H3,(H,23,31). The largest absolute Gasteiger partial charge is 0.349 e. The van der Waals surface area contributed by atoms with E-state index in [0.29, 0.717) is 11.5 Å². The van der Waals surface area contributed by atoms with Crippen molar-refractivity contribution in [1.29, 1.82) is 0 Å². The smallest absolute Gasteiger partial charge is 0.282 e. The zero-order valence-electron chi connectivity index (χ0n) is 16.8. The molecule has 0 aliphatic heterocycles. The molecule has 1 atom stereocenters. The molecule has 0 aliphatic rings. The summed E-state index contributed by atoms with van der Waals surface area (Å²) in [6.07, 6.45) is 0. The van der Waals surface area contributed by atoms with Gasteiger partial charge in [0.05, 0.1) is 18.2 Å². The minimum absolute atomic E-state index is 0.0113. The number of nitrogens with one attached hydrogen (secondary N) is 1. The highest BCUT2D eigenvalue weighted by Crippen LogP contribution is 2.29. The number of amides is 1. The normalized spacial score (nSPS) is 13.0. The Hall–Kier alpha value is -3.38. The summed E-state index contributed by atoms with van der Waals surface area (Å²) in [5.41, 5.74) is -0.366. The van der Waals surface area contributed by atoms with E-state index in [4.69, 9.17) is 11.6 Å². The molecule has 13 heteroatoms. The quantitative estimate of drug-likeness (QED) is 0.426. The van der Waals surface area contributed by atoms with E-state index in [0.717, 1.165) is 23.5 Å². The molecule has 0 bridgehead atoms. The number of pyridine rings is 1. The molecule has 0 fully saturated rings. The highest BCUT2D eigenvalue weighted by Gasteiger charge is 2.36. The molecule has 9 nitrogen and oxygen atoms in total. The molecule has 4 rings (SSSR count). The Kier molecular flexibility index (Phi) is 5.89. The molecular weight excluding hydrogens is 462 g/mol. The summed E-state index contributed by atoms with van der Waals surface area (Å²) in [4.78, 5) is 18.4. The van der Waals surface area contributed by atoms with Gasteiger partial charge < -0.3 is 5.32 Å². The lowest BCUT2D eigenvalue weighted by Gasteiger charge is -2.25. The van der Waals surface area contributed by atoms with Crippen molar-refractivity contribution < 1.29 is 13.6 Å². The van der Waals surface area contributed by atoms with Gasteiger partial charge in [-0.25, -0.2) is 13.8 Å². The van der Waals surface area contributed by atoms with Crippen LogP contribution in [0.25, 0.3) is 10.6 Å². The number of hydrogen-bond donors (Lipinski definition) is 1. The van der Waals surface area contributed by atoms with Gasteiger partial charge in [0.15, 0.2) is 10.8 Å². The van der Waals surface area contributed by atoms with Crippen molar-refractivity contribution in [3.63, 3.8) is 0 Å². The molecule has 1 aromatic carbocycles. The summed E-state index contributed by atoms with van der Waals surface area (Å²) in [5, 5.41) is 23.1. The third-order valence-corrected chi connectivity index (χ3v) is 5.83. The van der Waals surface area contributed by atoms with Crippen LogP contribution in [0.5, 0.6) is 0 Å². The molecular formula is C19H15ClF2N8OS. The van der Waals surface area contributed by atoms with E-state index in [1.807, 2.05) is 0 Å². The van der Waals surface area contributed by atoms with E-state index in [9.17, 15) is 13.6 Å². The van der Waals surface area contributed by atoms with Crippen LogP contribution >= 0.6 is 22.9 Å². The third-order valence-electron chi connectivity index (χ3n) is 4.67. The van der Waals surface area contributed by atoms with Crippen molar-refractivity contribution in [3.8, 4) is 10.6 Å². The maximum atomic E-state index is 14.0. The Morgan fingerprint density at radius 1 is 1.22 bits per heavy atom. The molecule has 1 unspecified atom stereocenters. The highest BCUT2D eigenvalue weighted by atomic mass is 35.5. The van der Waals surface area contributed by atoms with Crippen LogP contribution in [-0.2, 0) is 12.5 Å². The van der Waals surface area contributed by atoms with Gasteiger partial charge in [-0.15, -0.1) is 20.4 Å². The first kappa shape index (κ1) is 21.8. The predicted octanol–water partition coefficient (Wildman–Crippen LogP) is 2.79. The molecule has 0 radical (unpaired) electrons. The van der Waals surface area contributed by atoms with Crippen LogP contribution in [0.3, 0.4) is 0 Å². The summed E-state index contributed by atoms with van der Waals surface area (Å²) < 4.78 is 27.2. The van der Waals surface area contributed by atoms with Crippen LogP contribution < -0.4 is 5.32 Å². The van der Waals surface area contributed by atoms with Gasteiger partial charge in [-0.2, -0.15) is 4.80 Å². The second-order valence-corrected chi connectivity index (χ2v) is 8.36.